The molecule has 2 aromatic rings. The van der Waals surface area contributed by atoms with Crippen molar-refractivity contribution >= 4 is 44.6 Å². The molecule has 0 unspecified atom stereocenters. The van der Waals surface area contributed by atoms with E-state index < -0.39 is 18.0 Å². The SMILES string of the molecule is O=C(N[C@@H](Cc1ccc(O)cc1)C(=O)N1CCC[C@H]2OCC(=O)[C@H]21)c1ccoc1.S.S. The van der Waals surface area contributed by atoms with Crippen molar-refractivity contribution in [2.45, 2.75) is 37.5 Å². The maximum atomic E-state index is 13.4. The van der Waals surface area contributed by atoms with E-state index in [2.05, 4.69) is 5.32 Å². The zero-order valence-corrected chi connectivity index (χ0v) is 18.7. The van der Waals surface area contributed by atoms with Crippen LogP contribution in [-0.4, -0.2) is 58.9 Å². The first-order chi connectivity index (χ1) is 14.0. The summed E-state index contributed by atoms with van der Waals surface area (Å²) in [6, 6.07) is 6.51. The summed E-state index contributed by atoms with van der Waals surface area (Å²) in [5, 5.41) is 12.3. The molecule has 2 N–H and O–H groups in total. The lowest BCUT2D eigenvalue weighted by molar-refractivity contribution is -0.142. The van der Waals surface area contributed by atoms with Gasteiger partial charge >= 0.3 is 0 Å². The average Bonchev–Trinajstić information content (AvgIpc) is 3.39. The lowest BCUT2D eigenvalue weighted by Gasteiger charge is -2.37. The Bertz CT molecular complexity index is 903. The Kier molecular flexibility index (Phi) is 8.60. The number of amides is 2. The van der Waals surface area contributed by atoms with Gasteiger partial charge in [0.05, 0.1) is 17.9 Å². The highest BCUT2D eigenvalue weighted by Crippen LogP contribution is 2.27. The fraction of sp³-hybridized carbons (Fsp3) is 0.381. The number of hydrogen-bond acceptors (Lipinski definition) is 6. The van der Waals surface area contributed by atoms with Crippen molar-refractivity contribution in [3.05, 3.63) is 54.0 Å². The Morgan fingerprint density at radius 1 is 1.19 bits per heavy atom. The van der Waals surface area contributed by atoms with Gasteiger partial charge in [0.25, 0.3) is 5.91 Å². The summed E-state index contributed by atoms with van der Waals surface area (Å²) in [7, 11) is 0. The summed E-state index contributed by atoms with van der Waals surface area (Å²) in [4.78, 5) is 39.8. The minimum Gasteiger partial charge on any atom is -0.508 e. The minimum atomic E-state index is -0.867. The van der Waals surface area contributed by atoms with Crippen molar-refractivity contribution in [3.8, 4) is 5.75 Å². The summed E-state index contributed by atoms with van der Waals surface area (Å²) in [5.74, 6) is -0.735. The average molecular weight is 467 g/mol. The number of furan rings is 1. The standard InChI is InChI=1S/C21H22N2O6.2H2S/c24-15-5-3-13(4-6-15)10-16(22-20(26)14-7-9-28-11-14)21(27)23-8-1-2-18-19(23)17(25)12-29-18;;/h3-7,9,11,16,18-19,24H,1-2,8,10,12H2,(H,22,26);2*1H2/t16-,18+,19+;;/m0../s1. The molecule has 2 aliphatic rings. The monoisotopic (exact) mass is 466 g/mol. The third-order valence-corrected chi connectivity index (χ3v) is 5.39. The van der Waals surface area contributed by atoms with Gasteiger partial charge in [0.15, 0.2) is 5.78 Å². The summed E-state index contributed by atoms with van der Waals surface area (Å²) < 4.78 is 10.5. The number of benzene rings is 1. The van der Waals surface area contributed by atoms with Gasteiger partial charge in [0.2, 0.25) is 5.91 Å². The van der Waals surface area contributed by atoms with Crippen LogP contribution in [0.4, 0.5) is 0 Å². The van der Waals surface area contributed by atoms with Crippen LogP contribution in [0.3, 0.4) is 0 Å². The molecule has 168 valence electrons. The van der Waals surface area contributed by atoms with Crippen LogP contribution < -0.4 is 5.32 Å². The number of nitrogens with zero attached hydrogens (tertiary/aromatic N) is 1. The Balaban J connectivity index is 0.00000171. The smallest absolute Gasteiger partial charge is 0.255 e. The Labute approximate surface area is 193 Å². The normalized spacial score (nSPS) is 20.8. The fourth-order valence-electron chi connectivity index (χ4n) is 3.94. The molecule has 0 bridgehead atoms. The van der Waals surface area contributed by atoms with Crippen molar-refractivity contribution in [2.75, 3.05) is 13.2 Å². The number of nitrogens with one attached hydrogen (secondary N) is 1. The minimum absolute atomic E-state index is 0. The first-order valence-electron chi connectivity index (χ1n) is 9.58. The molecule has 0 radical (unpaired) electrons. The molecule has 3 atom stereocenters. The highest BCUT2D eigenvalue weighted by molar-refractivity contribution is 7.59. The van der Waals surface area contributed by atoms with Gasteiger partial charge in [0, 0.05) is 13.0 Å². The van der Waals surface area contributed by atoms with Crippen molar-refractivity contribution in [3.63, 3.8) is 0 Å². The van der Waals surface area contributed by atoms with Gasteiger partial charge in [-0.1, -0.05) is 12.1 Å². The maximum Gasteiger partial charge on any atom is 0.255 e. The highest BCUT2D eigenvalue weighted by atomic mass is 32.1. The van der Waals surface area contributed by atoms with Crippen LogP contribution in [0.5, 0.6) is 5.75 Å². The van der Waals surface area contributed by atoms with Gasteiger partial charge in [-0.2, -0.15) is 27.0 Å². The third kappa shape index (κ3) is 5.44. The highest BCUT2D eigenvalue weighted by Gasteiger charge is 2.45. The number of piperidine rings is 1. The van der Waals surface area contributed by atoms with Crippen molar-refractivity contribution in [2.24, 2.45) is 0 Å². The summed E-state index contributed by atoms with van der Waals surface area (Å²) in [5.41, 5.74) is 1.08. The second kappa shape index (κ2) is 10.7. The predicted molar refractivity (Wildman–Crippen MR) is 122 cm³/mol. The molecule has 1 aromatic carbocycles. The molecule has 4 rings (SSSR count). The fourth-order valence-corrected chi connectivity index (χ4v) is 3.94. The number of ether oxygens (including phenoxy) is 1. The van der Waals surface area contributed by atoms with Gasteiger partial charge in [-0.25, -0.2) is 0 Å². The van der Waals surface area contributed by atoms with E-state index >= 15 is 0 Å². The molecule has 3 heterocycles. The lowest BCUT2D eigenvalue weighted by atomic mass is 9.95. The molecular weight excluding hydrogens is 440 g/mol. The largest absolute Gasteiger partial charge is 0.508 e. The molecule has 31 heavy (non-hydrogen) atoms. The molecule has 1 aromatic heterocycles. The summed E-state index contributed by atoms with van der Waals surface area (Å²) in [6.07, 6.45) is 4.12. The number of fused-ring (bicyclic) bond motifs is 1. The maximum absolute atomic E-state index is 13.4. The Morgan fingerprint density at radius 3 is 2.61 bits per heavy atom. The number of ketones is 1. The van der Waals surface area contributed by atoms with E-state index in [1.54, 1.807) is 17.0 Å². The number of carbonyl (C=O) groups excluding carboxylic acids is 3. The molecule has 2 aliphatic heterocycles. The third-order valence-electron chi connectivity index (χ3n) is 5.39. The van der Waals surface area contributed by atoms with Crippen LogP contribution in [0.1, 0.15) is 28.8 Å². The van der Waals surface area contributed by atoms with E-state index in [9.17, 15) is 19.5 Å². The molecule has 2 amide bonds. The molecular formula is C21H26N2O6S2. The number of aromatic hydroxyl groups is 1. The number of phenolic OH excluding ortho intramolecular Hbond substituents is 1. The number of likely N-dealkylation sites (tertiary alicyclic amines) is 1. The second-order valence-electron chi connectivity index (χ2n) is 7.34. The lowest BCUT2D eigenvalue weighted by Crippen LogP contribution is -2.58. The number of hydrogen-bond donors (Lipinski definition) is 2. The van der Waals surface area contributed by atoms with E-state index in [0.29, 0.717) is 12.1 Å². The first kappa shape index (κ1) is 24.8. The molecule has 10 heteroatoms. The van der Waals surface area contributed by atoms with E-state index in [4.69, 9.17) is 9.15 Å². The van der Waals surface area contributed by atoms with Crippen LogP contribution in [0.2, 0.25) is 0 Å². The van der Waals surface area contributed by atoms with E-state index in [1.165, 1.54) is 30.7 Å². The summed E-state index contributed by atoms with van der Waals surface area (Å²) >= 11 is 0. The van der Waals surface area contributed by atoms with Crippen LogP contribution in [0, 0.1) is 0 Å². The topological polar surface area (TPSA) is 109 Å². The first-order valence-corrected chi connectivity index (χ1v) is 9.58. The molecule has 0 aliphatic carbocycles. The van der Waals surface area contributed by atoms with E-state index in [0.717, 1.165) is 18.4 Å². The molecule has 0 saturated carbocycles. The van der Waals surface area contributed by atoms with Crippen molar-refractivity contribution in [1.29, 1.82) is 0 Å². The Hall–Kier alpha value is -2.43. The number of carbonyl (C=O) groups is 3. The van der Waals surface area contributed by atoms with Gasteiger partial charge in [-0.05, 0) is 36.6 Å². The van der Waals surface area contributed by atoms with E-state index in [1.807, 2.05) is 0 Å². The molecule has 0 spiro atoms. The second-order valence-corrected chi connectivity index (χ2v) is 7.34. The Morgan fingerprint density at radius 2 is 1.94 bits per heavy atom. The number of phenols is 1. The van der Waals surface area contributed by atoms with Crippen LogP contribution in [0.25, 0.3) is 0 Å². The zero-order chi connectivity index (χ0) is 20.4. The van der Waals surface area contributed by atoms with Crippen LogP contribution >= 0.6 is 27.0 Å². The van der Waals surface area contributed by atoms with Gasteiger partial charge in [0.1, 0.15) is 30.7 Å². The predicted octanol–water partition coefficient (Wildman–Crippen LogP) is 1.51. The van der Waals surface area contributed by atoms with Gasteiger partial charge in [-0.3, -0.25) is 14.4 Å². The molecule has 2 saturated heterocycles. The van der Waals surface area contributed by atoms with Crippen LogP contribution in [0.15, 0.2) is 47.3 Å². The molecule has 8 nitrogen and oxygen atoms in total. The van der Waals surface area contributed by atoms with Crippen molar-refractivity contribution < 1.29 is 28.6 Å². The molecule has 2 fully saturated rings. The number of Topliss-reactive ketones (excluding diaryl/α,β-unsaturated/α-hetero) is 1. The van der Waals surface area contributed by atoms with Gasteiger partial charge in [-0.15, -0.1) is 0 Å². The van der Waals surface area contributed by atoms with E-state index in [-0.39, 0.29) is 63.6 Å². The number of rotatable bonds is 5. The van der Waals surface area contributed by atoms with Crippen LogP contribution in [-0.2, 0) is 20.7 Å². The van der Waals surface area contributed by atoms with Gasteiger partial charge < -0.3 is 24.5 Å². The quantitative estimate of drug-likeness (QED) is 0.692. The zero-order valence-electron chi connectivity index (χ0n) is 16.7. The van der Waals surface area contributed by atoms with Crippen molar-refractivity contribution in [1.82, 2.24) is 10.2 Å². The summed E-state index contributed by atoms with van der Waals surface area (Å²) in [6.45, 7) is 0.464.